The first-order valence-electron chi connectivity index (χ1n) is 7.31. The summed E-state index contributed by atoms with van der Waals surface area (Å²) in [6.07, 6.45) is 0. The predicted octanol–water partition coefficient (Wildman–Crippen LogP) is 3.20. The number of benzene rings is 3. The number of azo groups is 1. The standard InChI is InChI=1S/C17H11ClN2O6S.Ba/c18-13-6-5-10(8-14(13)27(24,25)26)19-20-15-11-4-2-1-3-9(11)7-12(16(15)21)17(22)23;/h1-8,21H,(H,22,23)(H,24,25,26);/q;+2/p-2. The van der Waals surface area contributed by atoms with E-state index in [0.29, 0.717) is 10.8 Å². The number of halogens is 1. The number of carbonyl (C=O) groups is 1. The van der Waals surface area contributed by atoms with Crippen LogP contribution in [0.1, 0.15) is 10.4 Å². The first kappa shape index (κ1) is 22.8. The summed E-state index contributed by atoms with van der Waals surface area (Å²) in [5.74, 6) is -2.25. The van der Waals surface area contributed by atoms with Crippen LogP contribution in [0.15, 0.2) is 63.7 Å². The van der Waals surface area contributed by atoms with Gasteiger partial charge in [0.25, 0.3) is 0 Å². The SMILES string of the molecule is O=C(O)c1cc2ccccc2c(N=Nc2ccc(Cl)c(S(=O)(=O)[O-])c2)c1[O-].[Ba+2]. The van der Waals surface area contributed by atoms with Crippen LogP contribution in [-0.2, 0) is 10.1 Å². The van der Waals surface area contributed by atoms with Crippen molar-refractivity contribution in [3.8, 4) is 5.75 Å². The zero-order chi connectivity index (χ0) is 19.8. The summed E-state index contributed by atoms with van der Waals surface area (Å²) < 4.78 is 33.6. The summed E-state index contributed by atoms with van der Waals surface area (Å²) in [6, 6.07) is 11.1. The van der Waals surface area contributed by atoms with Gasteiger partial charge in [0.05, 0.1) is 26.9 Å². The molecular weight excluding hydrogens is 533 g/mol. The molecule has 0 heterocycles. The van der Waals surface area contributed by atoms with Crippen LogP contribution in [-0.4, -0.2) is 72.9 Å². The van der Waals surface area contributed by atoms with Crippen molar-refractivity contribution in [3.63, 3.8) is 0 Å². The van der Waals surface area contributed by atoms with Crippen LogP contribution in [0, 0.1) is 0 Å². The number of nitrogens with zero attached hydrogens (tertiary/aromatic N) is 2. The van der Waals surface area contributed by atoms with Gasteiger partial charge in [-0.3, -0.25) is 0 Å². The first-order chi connectivity index (χ1) is 12.7. The number of hydrogen-bond donors (Lipinski definition) is 1. The molecule has 0 aromatic heterocycles. The molecule has 11 heteroatoms. The van der Waals surface area contributed by atoms with Crippen molar-refractivity contribution in [1.82, 2.24) is 0 Å². The summed E-state index contributed by atoms with van der Waals surface area (Å²) in [6.45, 7) is 0. The number of rotatable bonds is 4. The third-order valence-electron chi connectivity index (χ3n) is 3.66. The van der Waals surface area contributed by atoms with Crippen LogP contribution >= 0.6 is 11.6 Å². The maximum atomic E-state index is 12.4. The van der Waals surface area contributed by atoms with Crippen molar-refractivity contribution in [2.24, 2.45) is 10.2 Å². The van der Waals surface area contributed by atoms with Crippen molar-refractivity contribution >= 4 is 98.7 Å². The van der Waals surface area contributed by atoms with E-state index in [9.17, 15) is 28.0 Å². The van der Waals surface area contributed by atoms with Crippen LogP contribution in [0.2, 0.25) is 5.02 Å². The number of fused-ring (bicyclic) bond motifs is 1. The van der Waals surface area contributed by atoms with E-state index in [0.717, 1.165) is 12.1 Å². The minimum absolute atomic E-state index is 0. The van der Waals surface area contributed by atoms with Gasteiger partial charge < -0.3 is 14.8 Å². The summed E-state index contributed by atoms with van der Waals surface area (Å²) in [7, 11) is -4.82. The molecule has 0 radical (unpaired) electrons. The first-order valence-corrected chi connectivity index (χ1v) is 9.10. The normalized spacial score (nSPS) is 11.5. The van der Waals surface area contributed by atoms with Crippen LogP contribution in [0.3, 0.4) is 0 Å². The molecule has 0 amide bonds. The van der Waals surface area contributed by atoms with Gasteiger partial charge in [0.15, 0.2) is 0 Å². The number of carboxylic acid groups (broad SMARTS) is 1. The molecule has 0 saturated heterocycles. The minimum Gasteiger partial charge on any atom is -0.870 e. The molecule has 0 unspecified atom stereocenters. The molecule has 138 valence electrons. The van der Waals surface area contributed by atoms with Gasteiger partial charge in [-0.2, -0.15) is 10.2 Å². The molecule has 0 saturated carbocycles. The molecule has 0 fully saturated rings. The summed E-state index contributed by atoms with van der Waals surface area (Å²) in [5, 5.41) is 29.8. The Bertz CT molecular complexity index is 1210. The smallest absolute Gasteiger partial charge is 0.870 e. The van der Waals surface area contributed by atoms with Gasteiger partial charge in [-0.25, -0.2) is 13.2 Å². The van der Waals surface area contributed by atoms with E-state index in [1.807, 2.05) is 0 Å². The number of aromatic carboxylic acids is 1. The van der Waals surface area contributed by atoms with Crippen LogP contribution in [0.25, 0.3) is 10.8 Å². The van der Waals surface area contributed by atoms with Gasteiger partial charge in [-0.05, 0) is 29.7 Å². The monoisotopic (exact) mass is 542 g/mol. The zero-order valence-corrected chi connectivity index (χ0v) is 20.0. The molecule has 0 aliphatic heterocycles. The Morgan fingerprint density at radius 1 is 1.07 bits per heavy atom. The van der Waals surface area contributed by atoms with Crippen molar-refractivity contribution in [2.45, 2.75) is 4.90 Å². The van der Waals surface area contributed by atoms with Crippen molar-refractivity contribution in [3.05, 3.63) is 59.1 Å². The Morgan fingerprint density at radius 3 is 2.39 bits per heavy atom. The second kappa shape index (κ2) is 8.93. The van der Waals surface area contributed by atoms with E-state index in [1.54, 1.807) is 24.3 Å². The minimum atomic E-state index is -4.82. The van der Waals surface area contributed by atoms with Gasteiger partial charge in [0.1, 0.15) is 10.1 Å². The molecule has 0 bridgehead atoms. The van der Waals surface area contributed by atoms with Crippen molar-refractivity contribution in [1.29, 1.82) is 0 Å². The Kier molecular flexibility index (Phi) is 7.28. The molecule has 0 aliphatic carbocycles. The van der Waals surface area contributed by atoms with E-state index in [-0.39, 0.29) is 65.3 Å². The second-order valence-corrected chi connectivity index (χ2v) is 7.15. The van der Waals surface area contributed by atoms with E-state index in [4.69, 9.17) is 11.6 Å². The molecular formula is C17H9BaClN2O6S. The Morgan fingerprint density at radius 2 is 1.75 bits per heavy atom. The Labute approximate surface area is 204 Å². The van der Waals surface area contributed by atoms with E-state index < -0.39 is 32.3 Å². The van der Waals surface area contributed by atoms with Gasteiger partial charge in [0.2, 0.25) is 0 Å². The van der Waals surface area contributed by atoms with E-state index >= 15 is 0 Å². The molecule has 3 aromatic carbocycles. The van der Waals surface area contributed by atoms with Crippen molar-refractivity contribution < 1.29 is 28.0 Å². The second-order valence-electron chi connectivity index (χ2n) is 5.40. The largest absolute Gasteiger partial charge is 2.00 e. The molecule has 8 nitrogen and oxygen atoms in total. The molecule has 0 aliphatic rings. The van der Waals surface area contributed by atoms with Gasteiger partial charge in [-0.1, -0.05) is 41.6 Å². The molecule has 1 N–H and O–H groups in total. The van der Waals surface area contributed by atoms with Gasteiger partial charge in [0, 0.05) is 5.39 Å². The number of carboxylic acids is 1. The van der Waals surface area contributed by atoms with Crippen LogP contribution < -0.4 is 5.11 Å². The fraction of sp³-hybridized carbons (Fsp3) is 0. The average molecular weight is 542 g/mol. The average Bonchev–Trinajstić information content (AvgIpc) is 2.60. The van der Waals surface area contributed by atoms with Gasteiger partial charge in [-0.15, -0.1) is 0 Å². The van der Waals surface area contributed by atoms with Gasteiger partial charge >= 0.3 is 54.9 Å². The fourth-order valence-electron chi connectivity index (χ4n) is 2.42. The molecule has 0 spiro atoms. The zero-order valence-electron chi connectivity index (χ0n) is 14.0. The van der Waals surface area contributed by atoms with E-state index in [2.05, 4.69) is 10.2 Å². The molecule has 3 aromatic rings. The van der Waals surface area contributed by atoms with Crippen LogP contribution in [0.5, 0.6) is 5.75 Å². The summed E-state index contributed by atoms with van der Waals surface area (Å²) in [5.41, 5.74) is -0.730. The third-order valence-corrected chi connectivity index (χ3v) is 4.97. The fourth-order valence-corrected chi connectivity index (χ4v) is 3.39. The molecule has 0 atom stereocenters. The quantitative estimate of drug-likeness (QED) is 0.305. The van der Waals surface area contributed by atoms with E-state index in [1.165, 1.54) is 12.1 Å². The van der Waals surface area contributed by atoms with Crippen molar-refractivity contribution in [2.75, 3.05) is 0 Å². The maximum Gasteiger partial charge on any atom is 2.00 e. The summed E-state index contributed by atoms with van der Waals surface area (Å²) in [4.78, 5) is 10.6. The Balaban J connectivity index is 0.00000280. The van der Waals surface area contributed by atoms with Crippen LogP contribution in [0.4, 0.5) is 11.4 Å². The molecule has 3 rings (SSSR count). The summed E-state index contributed by atoms with van der Waals surface area (Å²) >= 11 is 5.69. The number of hydrogen-bond acceptors (Lipinski definition) is 7. The predicted molar refractivity (Wildman–Crippen MR) is 99.7 cm³/mol. The molecule has 28 heavy (non-hydrogen) atoms. The topological polar surface area (TPSA) is 142 Å². The Hall–Kier alpha value is -1.44. The maximum absolute atomic E-state index is 12.4. The third kappa shape index (κ3) is 4.75.